The van der Waals surface area contributed by atoms with Crippen molar-refractivity contribution in [1.82, 2.24) is 9.97 Å². The molecule has 1 heterocycles. The van der Waals surface area contributed by atoms with E-state index in [9.17, 15) is 9.59 Å². The Labute approximate surface area is 145 Å². The first-order valence-electron chi connectivity index (χ1n) is 8.32. The molecule has 6 heteroatoms. The van der Waals surface area contributed by atoms with E-state index in [1.54, 1.807) is 18.2 Å². The Morgan fingerprint density at radius 2 is 1.56 bits per heavy atom. The first kappa shape index (κ1) is 16.8. The number of hydrogen-bond acceptors (Lipinski definition) is 3. The van der Waals surface area contributed by atoms with Crippen molar-refractivity contribution >= 4 is 28.3 Å². The van der Waals surface area contributed by atoms with Crippen LogP contribution in [0, 0.1) is 0 Å². The molecule has 0 bridgehead atoms. The van der Waals surface area contributed by atoms with Gasteiger partial charge >= 0.3 is 5.69 Å². The summed E-state index contributed by atoms with van der Waals surface area (Å²) in [4.78, 5) is 29.0. The van der Waals surface area contributed by atoms with E-state index >= 15 is 0 Å². The quantitative estimate of drug-likeness (QED) is 0.574. The van der Waals surface area contributed by atoms with Crippen molar-refractivity contribution in [2.75, 3.05) is 10.6 Å². The summed E-state index contributed by atoms with van der Waals surface area (Å²) in [5.74, 6) is 0.328. The standard InChI is InChI=1S/C19H22N4O2/c1-11(2)13-4-6-14(7-5-13)20-12(3)18(24)21-15-8-9-16-17(10-15)23-19(25)22-16/h4-12,20H,1-3H3,(H,21,24)(H2,22,23,25)/t12-/m0/s1. The number of anilines is 2. The number of imidazole rings is 1. The number of aromatic amines is 2. The molecule has 0 spiro atoms. The molecule has 25 heavy (non-hydrogen) atoms. The normalized spacial score (nSPS) is 12.3. The van der Waals surface area contributed by atoms with E-state index in [2.05, 4.69) is 46.6 Å². The Balaban J connectivity index is 1.65. The summed E-state index contributed by atoms with van der Waals surface area (Å²) in [5.41, 5.74) is 3.90. The van der Waals surface area contributed by atoms with Crippen LogP contribution in [0.15, 0.2) is 47.3 Å². The topological polar surface area (TPSA) is 89.8 Å². The fraction of sp³-hybridized carbons (Fsp3) is 0.263. The molecule has 3 rings (SSSR count). The van der Waals surface area contributed by atoms with Crippen LogP contribution in [0.4, 0.5) is 11.4 Å². The highest BCUT2D eigenvalue weighted by molar-refractivity contribution is 5.97. The Kier molecular flexibility index (Phi) is 4.61. The summed E-state index contributed by atoms with van der Waals surface area (Å²) in [6.07, 6.45) is 0. The molecule has 0 radical (unpaired) electrons. The van der Waals surface area contributed by atoms with Gasteiger partial charge in [-0.2, -0.15) is 0 Å². The average molecular weight is 338 g/mol. The Morgan fingerprint density at radius 1 is 0.920 bits per heavy atom. The molecule has 0 aliphatic rings. The molecular weight excluding hydrogens is 316 g/mol. The number of carbonyl (C=O) groups is 1. The minimum atomic E-state index is -0.397. The van der Waals surface area contributed by atoms with Crippen molar-refractivity contribution in [1.29, 1.82) is 0 Å². The van der Waals surface area contributed by atoms with Crippen molar-refractivity contribution in [2.24, 2.45) is 0 Å². The van der Waals surface area contributed by atoms with Crippen LogP contribution in [0.2, 0.25) is 0 Å². The lowest BCUT2D eigenvalue weighted by atomic mass is 10.0. The van der Waals surface area contributed by atoms with Gasteiger partial charge in [0.25, 0.3) is 0 Å². The van der Waals surface area contributed by atoms with E-state index in [0.29, 0.717) is 22.6 Å². The number of benzene rings is 2. The number of amides is 1. The molecule has 6 nitrogen and oxygen atoms in total. The summed E-state index contributed by atoms with van der Waals surface area (Å²) < 4.78 is 0. The molecule has 0 saturated heterocycles. The molecule has 4 N–H and O–H groups in total. The molecule has 130 valence electrons. The van der Waals surface area contributed by atoms with Gasteiger partial charge in [0.15, 0.2) is 0 Å². The minimum Gasteiger partial charge on any atom is -0.374 e. The third kappa shape index (κ3) is 3.91. The van der Waals surface area contributed by atoms with Gasteiger partial charge in [-0.1, -0.05) is 26.0 Å². The zero-order valence-corrected chi connectivity index (χ0v) is 14.5. The second-order valence-corrected chi connectivity index (χ2v) is 6.47. The molecule has 3 aromatic rings. The number of carbonyl (C=O) groups excluding carboxylic acids is 1. The van der Waals surface area contributed by atoms with Crippen molar-refractivity contribution in [3.05, 3.63) is 58.5 Å². The fourth-order valence-corrected chi connectivity index (χ4v) is 2.64. The monoisotopic (exact) mass is 338 g/mol. The van der Waals surface area contributed by atoms with E-state index in [1.807, 2.05) is 19.1 Å². The zero-order chi connectivity index (χ0) is 18.0. The van der Waals surface area contributed by atoms with Crippen molar-refractivity contribution < 1.29 is 4.79 Å². The van der Waals surface area contributed by atoms with Gasteiger partial charge in [-0.3, -0.25) is 4.79 Å². The van der Waals surface area contributed by atoms with Gasteiger partial charge in [0.2, 0.25) is 5.91 Å². The molecule has 0 unspecified atom stereocenters. The molecule has 0 saturated carbocycles. The summed E-state index contributed by atoms with van der Waals surface area (Å²) >= 11 is 0. The van der Waals surface area contributed by atoms with Gasteiger partial charge in [-0.25, -0.2) is 4.79 Å². The van der Waals surface area contributed by atoms with Crippen LogP contribution in [0.5, 0.6) is 0 Å². The number of H-pyrrole nitrogens is 2. The van der Waals surface area contributed by atoms with Crippen LogP contribution in [0.3, 0.4) is 0 Å². The van der Waals surface area contributed by atoms with Crippen molar-refractivity contribution in [3.8, 4) is 0 Å². The number of fused-ring (bicyclic) bond motifs is 1. The van der Waals surface area contributed by atoms with Crippen molar-refractivity contribution in [3.63, 3.8) is 0 Å². The Hall–Kier alpha value is -3.02. The maximum absolute atomic E-state index is 12.4. The van der Waals surface area contributed by atoms with Crippen LogP contribution in [-0.2, 0) is 4.79 Å². The van der Waals surface area contributed by atoms with E-state index in [-0.39, 0.29) is 11.6 Å². The molecular formula is C19H22N4O2. The third-order valence-corrected chi connectivity index (χ3v) is 4.14. The first-order chi connectivity index (χ1) is 11.9. The lowest BCUT2D eigenvalue weighted by Gasteiger charge is -2.16. The second-order valence-electron chi connectivity index (χ2n) is 6.47. The largest absolute Gasteiger partial charge is 0.374 e. The third-order valence-electron chi connectivity index (χ3n) is 4.14. The number of rotatable bonds is 5. The van der Waals surface area contributed by atoms with Gasteiger partial charge < -0.3 is 20.6 Å². The van der Waals surface area contributed by atoms with E-state index in [0.717, 1.165) is 5.69 Å². The van der Waals surface area contributed by atoms with E-state index in [4.69, 9.17) is 0 Å². The lowest BCUT2D eigenvalue weighted by molar-refractivity contribution is -0.116. The van der Waals surface area contributed by atoms with Crippen LogP contribution < -0.4 is 16.3 Å². The lowest BCUT2D eigenvalue weighted by Crippen LogP contribution is -2.31. The minimum absolute atomic E-state index is 0.148. The van der Waals surface area contributed by atoms with Gasteiger partial charge in [0.1, 0.15) is 6.04 Å². The SMILES string of the molecule is CC(C)c1ccc(N[C@@H](C)C(=O)Nc2ccc3[nH]c(=O)[nH]c3c2)cc1. The fourth-order valence-electron chi connectivity index (χ4n) is 2.64. The maximum atomic E-state index is 12.4. The second kappa shape index (κ2) is 6.84. The van der Waals surface area contributed by atoms with Gasteiger partial charge in [0.05, 0.1) is 11.0 Å². The number of aromatic nitrogens is 2. The summed E-state index contributed by atoms with van der Waals surface area (Å²) in [6, 6.07) is 12.9. The molecule has 0 aliphatic heterocycles. The molecule has 1 atom stereocenters. The number of hydrogen-bond donors (Lipinski definition) is 4. The highest BCUT2D eigenvalue weighted by Crippen LogP contribution is 2.18. The maximum Gasteiger partial charge on any atom is 0.323 e. The average Bonchev–Trinajstić information content (AvgIpc) is 2.94. The Bertz CT molecular complexity index is 938. The van der Waals surface area contributed by atoms with Gasteiger partial charge in [-0.15, -0.1) is 0 Å². The summed E-state index contributed by atoms with van der Waals surface area (Å²) in [5, 5.41) is 6.05. The molecule has 1 aromatic heterocycles. The van der Waals surface area contributed by atoms with Crippen molar-refractivity contribution in [2.45, 2.75) is 32.7 Å². The van der Waals surface area contributed by atoms with E-state index < -0.39 is 6.04 Å². The number of nitrogens with one attached hydrogen (secondary N) is 4. The smallest absolute Gasteiger partial charge is 0.323 e. The highest BCUT2D eigenvalue weighted by Gasteiger charge is 2.13. The molecule has 1 amide bonds. The predicted molar refractivity (Wildman–Crippen MR) is 101 cm³/mol. The van der Waals surface area contributed by atoms with Crippen LogP contribution in [-0.4, -0.2) is 21.9 Å². The molecule has 0 fully saturated rings. The van der Waals surface area contributed by atoms with Crippen LogP contribution >= 0.6 is 0 Å². The first-order valence-corrected chi connectivity index (χ1v) is 8.32. The van der Waals surface area contributed by atoms with Crippen LogP contribution in [0.1, 0.15) is 32.3 Å². The van der Waals surface area contributed by atoms with Gasteiger partial charge in [-0.05, 0) is 48.7 Å². The predicted octanol–water partition coefficient (Wildman–Crippen LogP) is 3.42. The highest BCUT2D eigenvalue weighted by atomic mass is 16.2. The summed E-state index contributed by atoms with van der Waals surface area (Å²) in [6.45, 7) is 6.10. The molecule has 2 aromatic carbocycles. The van der Waals surface area contributed by atoms with E-state index in [1.165, 1.54) is 5.56 Å². The van der Waals surface area contributed by atoms with Crippen LogP contribution in [0.25, 0.3) is 11.0 Å². The zero-order valence-electron chi connectivity index (χ0n) is 14.5. The Morgan fingerprint density at radius 3 is 2.24 bits per heavy atom. The molecule has 0 aliphatic carbocycles. The van der Waals surface area contributed by atoms with Gasteiger partial charge in [0, 0.05) is 11.4 Å². The summed E-state index contributed by atoms with van der Waals surface area (Å²) in [7, 11) is 0.